The van der Waals surface area contributed by atoms with E-state index in [1.165, 1.54) is 5.56 Å². The summed E-state index contributed by atoms with van der Waals surface area (Å²) in [7, 11) is 0. The minimum atomic E-state index is -0.140. The van der Waals surface area contributed by atoms with E-state index < -0.39 is 0 Å². The maximum atomic E-state index is 12.2. The van der Waals surface area contributed by atoms with Crippen LogP contribution in [0, 0.1) is 6.92 Å². The van der Waals surface area contributed by atoms with Gasteiger partial charge in [0.2, 0.25) is 0 Å². The molecule has 0 unspecified atom stereocenters. The molecule has 0 aliphatic carbocycles. The van der Waals surface area contributed by atoms with Crippen LogP contribution in [0.3, 0.4) is 0 Å². The van der Waals surface area contributed by atoms with E-state index >= 15 is 0 Å². The molecule has 22 heavy (non-hydrogen) atoms. The Balaban J connectivity index is 1.89. The molecule has 1 aromatic heterocycles. The summed E-state index contributed by atoms with van der Waals surface area (Å²) >= 11 is 0. The third-order valence-corrected chi connectivity index (χ3v) is 4.20. The number of benzene rings is 2. The normalized spacial score (nSPS) is 15.4. The summed E-state index contributed by atoms with van der Waals surface area (Å²) in [5, 5.41) is 0.697. The smallest absolute Gasteiger partial charge is 0.281 e. The molecule has 0 fully saturated rings. The fraction of sp³-hybridized carbons (Fsp3) is 0.158. The average Bonchev–Trinajstić information content (AvgIpc) is 2.93. The number of nitrogens with zero attached hydrogens (tertiary/aromatic N) is 2. The maximum absolute atomic E-state index is 12.2. The number of hydrogen-bond donors (Lipinski definition) is 0. The third-order valence-electron chi connectivity index (χ3n) is 4.20. The number of rotatable bonds is 1. The summed E-state index contributed by atoms with van der Waals surface area (Å²) in [4.78, 5) is 16.5. The molecule has 0 saturated heterocycles. The molecule has 4 rings (SSSR count). The lowest BCUT2D eigenvalue weighted by atomic mass is 10.1. The lowest BCUT2D eigenvalue weighted by Gasteiger charge is -2.07. The number of para-hydroxylation sites is 1. The van der Waals surface area contributed by atoms with Crippen LogP contribution >= 0.6 is 0 Å². The van der Waals surface area contributed by atoms with Gasteiger partial charge < -0.3 is 4.57 Å². The van der Waals surface area contributed by atoms with Crippen molar-refractivity contribution in [2.75, 3.05) is 0 Å². The zero-order valence-corrected chi connectivity index (χ0v) is 12.4. The molecule has 2 heterocycles. The first-order chi connectivity index (χ1) is 10.7. The SMILES string of the molecule is Cc1ccc(C=C2CCn3c2nc(=O)c2ccccc23)cc1. The standard InChI is InChI=1S/C19H16N2O/c1-13-6-8-14(9-7-13)12-15-10-11-21-17-5-3-2-4-16(17)19(22)20-18(15)21/h2-9,12H,10-11H2,1H3. The van der Waals surface area contributed by atoms with E-state index in [9.17, 15) is 4.79 Å². The minimum Gasteiger partial charge on any atom is -0.325 e. The van der Waals surface area contributed by atoms with Crippen molar-refractivity contribution in [1.82, 2.24) is 9.55 Å². The fourth-order valence-electron chi connectivity index (χ4n) is 3.04. The van der Waals surface area contributed by atoms with Gasteiger partial charge in [-0.05, 0) is 42.7 Å². The number of aryl methyl sites for hydroxylation is 2. The number of fused-ring (bicyclic) bond motifs is 3. The predicted octanol–water partition coefficient (Wildman–Crippen LogP) is 3.65. The second kappa shape index (κ2) is 4.95. The Kier molecular flexibility index (Phi) is 2.93. The van der Waals surface area contributed by atoms with Crippen LogP contribution < -0.4 is 5.56 Å². The van der Waals surface area contributed by atoms with E-state index in [0.717, 1.165) is 35.4 Å². The van der Waals surface area contributed by atoms with E-state index in [-0.39, 0.29) is 5.56 Å². The molecule has 0 N–H and O–H groups in total. The Morgan fingerprint density at radius 2 is 1.86 bits per heavy atom. The first-order valence-electron chi connectivity index (χ1n) is 7.49. The van der Waals surface area contributed by atoms with E-state index in [1.807, 2.05) is 24.3 Å². The van der Waals surface area contributed by atoms with Gasteiger partial charge >= 0.3 is 0 Å². The maximum Gasteiger partial charge on any atom is 0.281 e. The second-order valence-corrected chi connectivity index (χ2v) is 5.74. The largest absolute Gasteiger partial charge is 0.325 e. The van der Waals surface area contributed by atoms with Gasteiger partial charge in [0.05, 0.1) is 10.9 Å². The second-order valence-electron chi connectivity index (χ2n) is 5.74. The quantitative estimate of drug-likeness (QED) is 0.685. The third kappa shape index (κ3) is 2.06. The molecule has 0 spiro atoms. The van der Waals surface area contributed by atoms with Gasteiger partial charge in [-0.15, -0.1) is 0 Å². The summed E-state index contributed by atoms with van der Waals surface area (Å²) in [6, 6.07) is 16.1. The molecule has 3 nitrogen and oxygen atoms in total. The molecule has 0 atom stereocenters. The summed E-state index contributed by atoms with van der Waals surface area (Å²) in [6.45, 7) is 2.95. The molecule has 1 aliphatic heterocycles. The molecule has 2 aromatic carbocycles. The van der Waals surface area contributed by atoms with Crippen molar-refractivity contribution in [3.8, 4) is 0 Å². The van der Waals surface area contributed by atoms with Crippen molar-refractivity contribution in [2.24, 2.45) is 0 Å². The van der Waals surface area contributed by atoms with Crippen LogP contribution in [-0.4, -0.2) is 9.55 Å². The van der Waals surface area contributed by atoms with Crippen LogP contribution in [0.4, 0.5) is 0 Å². The van der Waals surface area contributed by atoms with Crippen LogP contribution in [-0.2, 0) is 6.54 Å². The van der Waals surface area contributed by atoms with Gasteiger partial charge in [-0.2, -0.15) is 4.98 Å². The Morgan fingerprint density at radius 3 is 2.68 bits per heavy atom. The summed E-state index contributed by atoms with van der Waals surface area (Å²) < 4.78 is 2.15. The fourth-order valence-corrected chi connectivity index (χ4v) is 3.04. The van der Waals surface area contributed by atoms with Crippen LogP contribution in [0.15, 0.2) is 53.3 Å². The van der Waals surface area contributed by atoms with Crippen molar-refractivity contribution in [3.05, 3.63) is 75.8 Å². The summed E-state index contributed by atoms with van der Waals surface area (Å²) in [6.07, 6.45) is 3.05. The van der Waals surface area contributed by atoms with Crippen LogP contribution in [0.25, 0.3) is 22.6 Å². The van der Waals surface area contributed by atoms with Crippen molar-refractivity contribution in [3.63, 3.8) is 0 Å². The molecule has 0 radical (unpaired) electrons. The highest BCUT2D eigenvalue weighted by Crippen LogP contribution is 2.29. The highest BCUT2D eigenvalue weighted by Gasteiger charge is 2.20. The molecule has 0 bridgehead atoms. The van der Waals surface area contributed by atoms with Crippen LogP contribution in [0.1, 0.15) is 23.4 Å². The number of aromatic nitrogens is 2. The molecule has 3 heteroatoms. The molecule has 0 saturated carbocycles. The summed E-state index contributed by atoms with van der Waals surface area (Å²) in [5.41, 5.74) is 4.36. The van der Waals surface area contributed by atoms with E-state index in [0.29, 0.717) is 5.39 Å². The molecular weight excluding hydrogens is 272 g/mol. The van der Waals surface area contributed by atoms with Crippen LogP contribution in [0.2, 0.25) is 0 Å². The van der Waals surface area contributed by atoms with Crippen molar-refractivity contribution >= 4 is 22.6 Å². The molecule has 3 aromatic rings. The van der Waals surface area contributed by atoms with Crippen molar-refractivity contribution in [2.45, 2.75) is 19.9 Å². The Labute approximate surface area is 128 Å². The topological polar surface area (TPSA) is 34.9 Å². The first-order valence-corrected chi connectivity index (χ1v) is 7.49. The monoisotopic (exact) mass is 288 g/mol. The van der Waals surface area contributed by atoms with Gasteiger partial charge in [0.15, 0.2) is 0 Å². The number of allylic oxidation sites excluding steroid dienone is 1. The number of hydrogen-bond acceptors (Lipinski definition) is 2. The van der Waals surface area contributed by atoms with Gasteiger partial charge in [-0.3, -0.25) is 4.79 Å². The molecule has 1 aliphatic rings. The molecule has 108 valence electrons. The zero-order valence-electron chi connectivity index (χ0n) is 12.4. The minimum absolute atomic E-state index is 0.140. The van der Waals surface area contributed by atoms with E-state index in [1.54, 1.807) is 0 Å². The first kappa shape index (κ1) is 13.0. The van der Waals surface area contributed by atoms with Crippen molar-refractivity contribution in [1.29, 1.82) is 0 Å². The van der Waals surface area contributed by atoms with E-state index in [2.05, 4.69) is 46.8 Å². The highest BCUT2D eigenvalue weighted by atomic mass is 16.1. The van der Waals surface area contributed by atoms with Crippen molar-refractivity contribution < 1.29 is 0 Å². The lowest BCUT2D eigenvalue weighted by Crippen LogP contribution is -2.14. The van der Waals surface area contributed by atoms with Gasteiger partial charge in [-0.1, -0.05) is 42.0 Å². The Bertz CT molecular complexity index is 949. The van der Waals surface area contributed by atoms with E-state index in [4.69, 9.17) is 0 Å². The zero-order chi connectivity index (χ0) is 15.1. The molecule has 0 amide bonds. The van der Waals surface area contributed by atoms with Gasteiger partial charge in [0, 0.05) is 6.54 Å². The predicted molar refractivity (Wildman–Crippen MR) is 89.7 cm³/mol. The van der Waals surface area contributed by atoms with Gasteiger partial charge in [0.1, 0.15) is 5.82 Å². The Hall–Kier alpha value is -2.68. The molecular formula is C19H16N2O. The summed E-state index contributed by atoms with van der Waals surface area (Å²) in [5.74, 6) is 0.810. The van der Waals surface area contributed by atoms with Crippen LogP contribution in [0.5, 0.6) is 0 Å². The average molecular weight is 288 g/mol. The van der Waals surface area contributed by atoms with Gasteiger partial charge in [0.25, 0.3) is 5.56 Å². The highest BCUT2D eigenvalue weighted by molar-refractivity contribution is 5.85. The van der Waals surface area contributed by atoms with Gasteiger partial charge in [-0.25, -0.2) is 0 Å². The lowest BCUT2D eigenvalue weighted by molar-refractivity contribution is 0.772. The Morgan fingerprint density at radius 1 is 1.09 bits per heavy atom.